The van der Waals surface area contributed by atoms with Gasteiger partial charge in [-0.25, -0.2) is 0 Å². The number of rotatable bonds is 4. The van der Waals surface area contributed by atoms with Crippen molar-refractivity contribution in [1.29, 1.82) is 0 Å². The SMILES string of the molecule is COc1ccccc1C(=O)NC(C)c1cccc(N)c1. The number of amides is 1. The summed E-state index contributed by atoms with van der Waals surface area (Å²) < 4.78 is 5.19. The molecule has 0 aromatic heterocycles. The van der Waals surface area contributed by atoms with Crippen molar-refractivity contribution < 1.29 is 9.53 Å². The summed E-state index contributed by atoms with van der Waals surface area (Å²) >= 11 is 0. The smallest absolute Gasteiger partial charge is 0.255 e. The zero-order valence-electron chi connectivity index (χ0n) is 11.6. The Morgan fingerprint density at radius 2 is 1.95 bits per heavy atom. The lowest BCUT2D eigenvalue weighted by Crippen LogP contribution is -2.27. The Morgan fingerprint density at radius 1 is 1.20 bits per heavy atom. The predicted octanol–water partition coefficient (Wildman–Crippen LogP) is 2.77. The second-order valence-corrected chi connectivity index (χ2v) is 4.57. The normalized spacial score (nSPS) is 11.7. The van der Waals surface area contributed by atoms with Gasteiger partial charge in [-0.05, 0) is 36.8 Å². The van der Waals surface area contributed by atoms with Crippen LogP contribution in [0.2, 0.25) is 0 Å². The Balaban J connectivity index is 2.15. The van der Waals surface area contributed by atoms with Gasteiger partial charge in [0.15, 0.2) is 0 Å². The number of nitrogens with one attached hydrogen (secondary N) is 1. The molecule has 4 heteroatoms. The molecule has 2 aromatic carbocycles. The molecule has 1 atom stereocenters. The molecule has 1 unspecified atom stereocenters. The largest absolute Gasteiger partial charge is 0.496 e. The average Bonchev–Trinajstić information content (AvgIpc) is 2.47. The number of hydrogen-bond acceptors (Lipinski definition) is 3. The van der Waals surface area contributed by atoms with Gasteiger partial charge >= 0.3 is 0 Å². The van der Waals surface area contributed by atoms with Gasteiger partial charge in [0.05, 0.1) is 18.7 Å². The molecule has 2 aromatic rings. The molecule has 0 heterocycles. The van der Waals surface area contributed by atoms with Crippen molar-refractivity contribution in [3.05, 3.63) is 59.7 Å². The van der Waals surface area contributed by atoms with Crippen molar-refractivity contribution in [3.8, 4) is 5.75 Å². The number of nitrogen functional groups attached to an aromatic ring is 1. The number of nitrogens with two attached hydrogens (primary N) is 1. The van der Waals surface area contributed by atoms with Crippen LogP contribution in [0.1, 0.15) is 28.9 Å². The molecule has 104 valence electrons. The van der Waals surface area contributed by atoms with Gasteiger partial charge in [0.2, 0.25) is 0 Å². The first-order valence-electron chi connectivity index (χ1n) is 6.41. The first-order valence-corrected chi connectivity index (χ1v) is 6.41. The third kappa shape index (κ3) is 3.09. The standard InChI is InChI=1S/C16H18N2O2/c1-11(12-6-5-7-13(17)10-12)18-16(19)14-8-3-4-9-15(14)20-2/h3-11H,17H2,1-2H3,(H,18,19). The van der Waals surface area contributed by atoms with Crippen molar-refractivity contribution in [1.82, 2.24) is 5.32 Å². The maximum atomic E-state index is 12.3. The fourth-order valence-electron chi connectivity index (χ4n) is 2.02. The van der Waals surface area contributed by atoms with E-state index in [0.717, 1.165) is 5.56 Å². The summed E-state index contributed by atoms with van der Waals surface area (Å²) in [5.74, 6) is 0.391. The Labute approximate surface area is 118 Å². The molecule has 0 bridgehead atoms. The number of para-hydroxylation sites is 1. The number of benzene rings is 2. The van der Waals surface area contributed by atoms with Gasteiger partial charge in [0.1, 0.15) is 5.75 Å². The van der Waals surface area contributed by atoms with Crippen LogP contribution >= 0.6 is 0 Å². The topological polar surface area (TPSA) is 64.3 Å². The van der Waals surface area contributed by atoms with Crippen molar-refractivity contribution in [2.45, 2.75) is 13.0 Å². The molecule has 0 aliphatic heterocycles. The lowest BCUT2D eigenvalue weighted by Gasteiger charge is -2.16. The second kappa shape index (κ2) is 6.10. The minimum absolute atomic E-state index is 0.129. The molecule has 4 nitrogen and oxygen atoms in total. The van der Waals surface area contributed by atoms with E-state index in [1.807, 2.05) is 43.3 Å². The summed E-state index contributed by atoms with van der Waals surface area (Å²) in [5, 5.41) is 2.94. The van der Waals surface area contributed by atoms with Gasteiger partial charge in [-0.3, -0.25) is 4.79 Å². The summed E-state index contributed by atoms with van der Waals surface area (Å²) in [6.45, 7) is 1.92. The van der Waals surface area contributed by atoms with Gasteiger partial charge in [0, 0.05) is 5.69 Å². The van der Waals surface area contributed by atoms with E-state index in [-0.39, 0.29) is 11.9 Å². The second-order valence-electron chi connectivity index (χ2n) is 4.57. The first-order chi connectivity index (χ1) is 9.61. The number of methoxy groups -OCH3 is 1. The quantitative estimate of drug-likeness (QED) is 0.840. The number of carbonyl (C=O) groups is 1. The third-order valence-corrected chi connectivity index (χ3v) is 3.11. The number of carbonyl (C=O) groups excluding carboxylic acids is 1. The molecule has 1 amide bonds. The van der Waals surface area contributed by atoms with E-state index in [2.05, 4.69) is 5.32 Å². The van der Waals surface area contributed by atoms with E-state index in [4.69, 9.17) is 10.5 Å². The van der Waals surface area contributed by atoms with Crippen molar-refractivity contribution >= 4 is 11.6 Å². The maximum Gasteiger partial charge on any atom is 0.255 e. The summed E-state index contributed by atoms with van der Waals surface area (Å²) in [4.78, 5) is 12.3. The van der Waals surface area contributed by atoms with E-state index in [0.29, 0.717) is 17.0 Å². The van der Waals surface area contributed by atoms with Gasteiger partial charge < -0.3 is 15.8 Å². The van der Waals surface area contributed by atoms with E-state index in [1.54, 1.807) is 19.2 Å². The molecule has 0 saturated heterocycles. The van der Waals surface area contributed by atoms with Crippen molar-refractivity contribution in [3.63, 3.8) is 0 Å². The first kappa shape index (κ1) is 13.9. The Kier molecular flexibility index (Phi) is 4.25. The highest BCUT2D eigenvalue weighted by atomic mass is 16.5. The van der Waals surface area contributed by atoms with Gasteiger partial charge in [-0.15, -0.1) is 0 Å². The molecular formula is C16H18N2O2. The predicted molar refractivity (Wildman–Crippen MR) is 79.7 cm³/mol. The summed E-state index contributed by atoms with van der Waals surface area (Å²) in [6.07, 6.45) is 0. The summed E-state index contributed by atoms with van der Waals surface area (Å²) in [5.41, 5.74) is 7.92. The molecule has 20 heavy (non-hydrogen) atoms. The molecule has 0 aliphatic carbocycles. The highest BCUT2D eigenvalue weighted by Crippen LogP contribution is 2.20. The molecule has 0 radical (unpaired) electrons. The lowest BCUT2D eigenvalue weighted by molar-refractivity contribution is 0.0937. The van der Waals surface area contributed by atoms with Crippen LogP contribution in [0.15, 0.2) is 48.5 Å². The summed E-state index contributed by atoms with van der Waals surface area (Å²) in [6, 6.07) is 14.5. The van der Waals surface area contributed by atoms with Crippen LogP contribution in [0.4, 0.5) is 5.69 Å². The summed E-state index contributed by atoms with van der Waals surface area (Å²) in [7, 11) is 1.55. The molecule has 0 fully saturated rings. The fourth-order valence-corrected chi connectivity index (χ4v) is 2.02. The van der Waals surface area contributed by atoms with E-state index >= 15 is 0 Å². The number of anilines is 1. The Hall–Kier alpha value is -2.49. The van der Waals surface area contributed by atoms with Gasteiger partial charge in [-0.1, -0.05) is 24.3 Å². The third-order valence-electron chi connectivity index (χ3n) is 3.11. The van der Waals surface area contributed by atoms with Crippen LogP contribution in [0, 0.1) is 0 Å². The zero-order chi connectivity index (χ0) is 14.5. The highest BCUT2D eigenvalue weighted by Gasteiger charge is 2.14. The van der Waals surface area contributed by atoms with Gasteiger partial charge in [0.25, 0.3) is 5.91 Å². The van der Waals surface area contributed by atoms with Crippen LogP contribution in [0.3, 0.4) is 0 Å². The molecule has 0 saturated carbocycles. The number of ether oxygens (including phenoxy) is 1. The maximum absolute atomic E-state index is 12.3. The van der Waals surface area contributed by atoms with Crippen LogP contribution in [0.25, 0.3) is 0 Å². The fraction of sp³-hybridized carbons (Fsp3) is 0.188. The highest BCUT2D eigenvalue weighted by molar-refractivity contribution is 5.97. The average molecular weight is 270 g/mol. The number of hydrogen-bond donors (Lipinski definition) is 2. The monoisotopic (exact) mass is 270 g/mol. The molecular weight excluding hydrogens is 252 g/mol. The van der Waals surface area contributed by atoms with Gasteiger partial charge in [-0.2, -0.15) is 0 Å². The molecule has 0 spiro atoms. The Bertz CT molecular complexity index is 611. The molecule has 0 aliphatic rings. The molecule has 3 N–H and O–H groups in total. The van der Waals surface area contributed by atoms with Crippen molar-refractivity contribution in [2.75, 3.05) is 12.8 Å². The van der Waals surface area contributed by atoms with E-state index in [1.165, 1.54) is 0 Å². The van der Waals surface area contributed by atoms with Crippen molar-refractivity contribution in [2.24, 2.45) is 0 Å². The van der Waals surface area contributed by atoms with Crippen LogP contribution in [-0.4, -0.2) is 13.0 Å². The minimum atomic E-state index is -0.169. The van der Waals surface area contributed by atoms with Crippen LogP contribution in [-0.2, 0) is 0 Å². The van der Waals surface area contributed by atoms with Crippen LogP contribution < -0.4 is 15.8 Å². The van der Waals surface area contributed by atoms with E-state index < -0.39 is 0 Å². The lowest BCUT2D eigenvalue weighted by atomic mass is 10.1. The Morgan fingerprint density at radius 3 is 2.65 bits per heavy atom. The van der Waals surface area contributed by atoms with E-state index in [9.17, 15) is 4.79 Å². The van der Waals surface area contributed by atoms with Crippen LogP contribution in [0.5, 0.6) is 5.75 Å². The zero-order valence-corrected chi connectivity index (χ0v) is 11.6. The molecule has 2 rings (SSSR count). The minimum Gasteiger partial charge on any atom is -0.496 e.